The van der Waals surface area contributed by atoms with Crippen LogP contribution in [0, 0.1) is 0 Å². The normalized spacial score (nSPS) is 15.7. The fourth-order valence-corrected chi connectivity index (χ4v) is 10.5. The first-order valence-corrected chi connectivity index (χ1v) is 22.6. The Bertz CT molecular complexity index is 2740. The van der Waals surface area contributed by atoms with Gasteiger partial charge >= 0.3 is 17.9 Å². The third-order valence-electron chi connectivity index (χ3n) is 13.0. The van der Waals surface area contributed by atoms with Crippen LogP contribution in [-0.4, -0.2) is 52.3 Å². The zero-order chi connectivity index (χ0) is 44.4. The Kier molecular flexibility index (Phi) is 13.2. The van der Waals surface area contributed by atoms with Gasteiger partial charge in [0, 0.05) is 68.2 Å². The first-order chi connectivity index (χ1) is 30.5. The lowest BCUT2D eigenvalue weighted by Gasteiger charge is -2.25. The molecule has 13 heteroatoms. The molecule has 4 aromatic carbocycles. The number of carboxylic acid groups (broad SMARTS) is 1. The van der Waals surface area contributed by atoms with E-state index in [9.17, 15) is 24.3 Å². The van der Waals surface area contributed by atoms with Crippen molar-refractivity contribution in [2.75, 3.05) is 25.3 Å². The van der Waals surface area contributed by atoms with Crippen molar-refractivity contribution in [2.24, 2.45) is 0 Å². The minimum absolute atomic E-state index is 0.0423. The number of nitrogen functional groups attached to an aromatic ring is 1. The van der Waals surface area contributed by atoms with E-state index in [0.717, 1.165) is 88.5 Å². The van der Waals surface area contributed by atoms with E-state index in [1.807, 2.05) is 53.1 Å². The van der Waals surface area contributed by atoms with Crippen molar-refractivity contribution in [3.05, 3.63) is 105 Å². The second-order valence-electron chi connectivity index (χ2n) is 16.8. The number of nitrogens with zero attached hydrogens (tertiary/aromatic N) is 2. The average Bonchev–Trinajstić information content (AvgIpc) is 3.78. The highest BCUT2D eigenvalue weighted by Crippen LogP contribution is 2.48. The summed E-state index contributed by atoms with van der Waals surface area (Å²) in [5.41, 5.74) is 16.8. The van der Waals surface area contributed by atoms with Gasteiger partial charge in [-0.3, -0.25) is 9.59 Å². The van der Waals surface area contributed by atoms with Crippen molar-refractivity contribution >= 4 is 80.2 Å². The number of hydrogen-bond acceptors (Lipinski definition) is 7. The summed E-state index contributed by atoms with van der Waals surface area (Å²) >= 11 is 12.4. The lowest BCUT2D eigenvalue weighted by molar-refractivity contribution is -0.137. The Balaban J connectivity index is 0.000000173. The number of fused-ring (bicyclic) bond motifs is 6. The van der Waals surface area contributed by atoms with Gasteiger partial charge in [-0.1, -0.05) is 73.9 Å². The molecule has 2 aromatic heterocycles. The number of hydrogen-bond donors (Lipinski definition) is 3. The predicted octanol–water partition coefficient (Wildman–Crippen LogP) is 12.0. The fraction of sp³-hybridized carbons (Fsp3) is 0.360. The molecule has 0 unspecified atom stereocenters. The van der Waals surface area contributed by atoms with Gasteiger partial charge in [0.05, 0.1) is 48.8 Å². The van der Waals surface area contributed by atoms with E-state index >= 15 is 0 Å². The van der Waals surface area contributed by atoms with Crippen LogP contribution in [-0.2, 0) is 32.2 Å². The quantitative estimate of drug-likeness (QED) is 0.101. The summed E-state index contributed by atoms with van der Waals surface area (Å²) in [6.07, 6.45) is 12.0. The number of anilines is 2. The van der Waals surface area contributed by atoms with Crippen molar-refractivity contribution in [2.45, 2.75) is 102 Å². The second kappa shape index (κ2) is 18.9. The summed E-state index contributed by atoms with van der Waals surface area (Å²) < 4.78 is 14.1. The number of aryl methyl sites for hydroxylation is 2. The summed E-state index contributed by atoms with van der Waals surface area (Å²) in [6.45, 7) is 0.817. The number of aliphatic carboxylic acids is 1. The third-order valence-corrected chi connectivity index (χ3v) is 13.4. The molecule has 0 bridgehead atoms. The molecule has 4 N–H and O–H groups in total. The van der Waals surface area contributed by atoms with Gasteiger partial charge in [0.15, 0.2) is 0 Å². The smallest absolute Gasteiger partial charge is 0.337 e. The molecule has 63 heavy (non-hydrogen) atoms. The maximum atomic E-state index is 12.5. The Labute approximate surface area is 376 Å². The molecular formula is C50H52Cl2N4O7. The van der Waals surface area contributed by atoms with E-state index in [2.05, 4.69) is 9.88 Å². The molecule has 328 valence electrons. The molecule has 2 aliphatic carbocycles. The van der Waals surface area contributed by atoms with Gasteiger partial charge in [-0.05, 0) is 109 Å². The fourth-order valence-electron chi connectivity index (χ4n) is 10.1. The number of carbonyl (C=O) groups is 4. The summed E-state index contributed by atoms with van der Waals surface area (Å²) in [6, 6.07) is 22.5. The van der Waals surface area contributed by atoms with Crippen molar-refractivity contribution < 1.29 is 33.8 Å². The first-order valence-electron chi connectivity index (χ1n) is 21.8. The van der Waals surface area contributed by atoms with Crippen LogP contribution in [0.5, 0.6) is 0 Å². The number of carboxylic acids is 1. The first kappa shape index (κ1) is 43.9. The van der Waals surface area contributed by atoms with Crippen LogP contribution in [0.4, 0.5) is 11.4 Å². The van der Waals surface area contributed by atoms with Gasteiger partial charge in [-0.15, -0.1) is 0 Å². The van der Waals surface area contributed by atoms with Gasteiger partial charge in [-0.25, -0.2) is 9.59 Å². The molecule has 6 aromatic rings. The van der Waals surface area contributed by atoms with E-state index in [1.54, 1.807) is 24.3 Å². The summed E-state index contributed by atoms with van der Waals surface area (Å²) in [7, 11) is 2.75. The highest BCUT2D eigenvalue weighted by molar-refractivity contribution is 6.31. The van der Waals surface area contributed by atoms with Crippen LogP contribution >= 0.6 is 23.2 Å². The minimum Gasteiger partial charge on any atom is -0.481 e. The Morgan fingerprint density at radius 2 is 1.25 bits per heavy atom. The van der Waals surface area contributed by atoms with Crippen molar-refractivity contribution in [1.82, 2.24) is 9.13 Å². The number of nitrogens with two attached hydrogens (primary N) is 1. The third kappa shape index (κ3) is 8.91. The largest absolute Gasteiger partial charge is 0.481 e. The second-order valence-corrected chi connectivity index (χ2v) is 17.7. The number of amides is 1. The number of ether oxygens (including phenoxy) is 2. The molecule has 2 fully saturated rings. The number of aromatic nitrogens is 2. The molecular weight excluding hydrogens is 839 g/mol. The Hall–Kier alpha value is -5.78. The van der Waals surface area contributed by atoms with Gasteiger partial charge in [-0.2, -0.15) is 0 Å². The molecule has 0 spiro atoms. The van der Waals surface area contributed by atoms with Crippen LogP contribution in [0.1, 0.15) is 121 Å². The van der Waals surface area contributed by atoms with Gasteiger partial charge < -0.3 is 34.8 Å². The van der Waals surface area contributed by atoms with E-state index in [4.69, 9.17) is 38.4 Å². The zero-order valence-electron chi connectivity index (χ0n) is 35.6. The van der Waals surface area contributed by atoms with Crippen LogP contribution < -0.4 is 11.1 Å². The maximum Gasteiger partial charge on any atom is 0.337 e. The average molecular weight is 892 g/mol. The number of nitrogens with one attached hydrogen (secondary N) is 1. The molecule has 3 aliphatic rings. The lowest BCUT2D eigenvalue weighted by Crippen LogP contribution is -2.19. The van der Waals surface area contributed by atoms with Crippen LogP contribution in [0.2, 0.25) is 10.0 Å². The summed E-state index contributed by atoms with van der Waals surface area (Å²) in [5, 5.41) is 15.8. The number of halogens is 2. The highest BCUT2D eigenvalue weighted by atomic mass is 35.5. The molecule has 0 saturated heterocycles. The number of rotatable bonds is 8. The topological polar surface area (TPSA) is 155 Å². The Morgan fingerprint density at radius 3 is 1.83 bits per heavy atom. The lowest BCUT2D eigenvalue weighted by atomic mass is 9.81. The molecule has 1 amide bonds. The molecule has 11 nitrogen and oxygen atoms in total. The van der Waals surface area contributed by atoms with Crippen LogP contribution in [0.25, 0.3) is 44.3 Å². The van der Waals surface area contributed by atoms with Crippen molar-refractivity contribution in [3.8, 4) is 22.5 Å². The zero-order valence-corrected chi connectivity index (χ0v) is 37.1. The van der Waals surface area contributed by atoms with Crippen molar-refractivity contribution in [1.29, 1.82) is 0 Å². The van der Waals surface area contributed by atoms with E-state index in [1.165, 1.54) is 51.0 Å². The maximum absolute atomic E-state index is 12.5. The molecule has 0 atom stereocenters. The molecule has 0 radical (unpaired) electrons. The standard InChI is InChI=1S/C25H27ClN2O4.C25H25ClN2O3/c1-32-25(31)16-7-9-19-21(13-16)28(12-11-22(29)30)24(18-10-8-17(26)14-20(18)27)23(19)15-5-3-2-4-6-15;1-31-25(30)16-7-9-19-21(13-16)28-12-11-22(29)27-20-14-17(26)8-10-18(20)24(28)23(19)15-5-3-2-4-6-15/h7-10,13-15H,2-6,11-12,27H2,1H3,(H,29,30);7-10,13-15H,2-6,11-12H2,1H3,(H,27,29). The van der Waals surface area contributed by atoms with Gasteiger partial charge in [0.25, 0.3) is 0 Å². The number of benzene rings is 4. The van der Waals surface area contributed by atoms with Gasteiger partial charge in [0.2, 0.25) is 5.91 Å². The van der Waals surface area contributed by atoms with E-state index < -0.39 is 11.9 Å². The molecule has 1 aliphatic heterocycles. The number of esters is 2. The van der Waals surface area contributed by atoms with Crippen molar-refractivity contribution in [3.63, 3.8) is 0 Å². The highest BCUT2D eigenvalue weighted by Gasteiger charge is 2.31. The van der Waals surface area contributed by atoms with Gasteiger partial charge in [0.1, 0.15) is 0 Å². The number of carbonyl (C=O) groups excluding carboxylic acids is 3. The summed E-state index contributed by atoms with van der Waals surface area (Å²) in [5.74, 6) is -0.914. The molecule has 9 rings (SSSR count). The molecule has 3 heterocycles. The number of methoxy groups -OCH3 is 2. The van der Waals surface area contributed by atoms with Crippen LogP contribution in [0.15, 0.2) is 72.8 Å². The predicted molar refractivity (Wildman–Crippen MR) is 249 cm³/mol. The van der Waals surface area contributed by atoms with E-state index in [-0.39, 0.29) is 24.8 Å². The summed E-state index contributed by atoms with van der Waals surface area (Å²) in [4.78, 5) is 48.5. The monoisotopic (exact) mass is 890 g/mol. The SMILES string of the molecule is COC(=O)c1ccc2c(C3CCCCC3)c(-c3ccc(Cl)cc3N)n(CCC(=O)O)c2c1.COC(=O)c1ccc2c(C3CCCCC3)c3n(c2c1)CCC(=O)Nc1cc(Cl)ccc1-3. The molecule has 2 saturated carbocycles. The van der Waals surface area contributed by atoms with E-state index in [0.29, 0.717) is 51.7 Å². The Morgan fingerprint density at radius 1 is 0.714 bits per heavy atom. The van der Waals surface area contributed by atoms with Crippen LogP contribution in [0.3, 0.4) is 0 Å². The minimum atomic E-state index is -0.884.